The van der Waals surface area contributed by atoms with Gasteiger partial charge in [-0.05, 0) is 86.7 Å². The summed E-state index contributed by atoms with van der Waals surface area (Å²) in [4.78, 5) is 14.1. The molecule has 0 atom stereocenters. The van der Waals surface area contributed by atoms with Gasteiger partial charge in [0.05, 0.1) is 5.52 Å². The van der Waals surface area contributed by atoms with Crippen LogP contribution in [0.5, 0.6) is 0 Å². The van der Waals surface area contributed by atoms with Gasteiger partial charge >= 0.3 is 6.03 Å². The van der Waals surface area contributed by atoms with Gasteiger partial charge in [-0.25, -0.2) is 9.18 Å². The highest BCUT2D eigenvalue weighted by Gasteiger charge is 2.24. The van der Waals surface area contributed by atoms with Crippen molar-refractivity contribution in [1.82, 2.24) is 20.1 Å². The van der Waals surface area contributed by atoms with Gasteiger partial charge in [-0.15, -0.1) is 0 Å². The number of amides is 2. The van der Waals surface area contributed by atoms with Crippen LogP contribution in [0.3, 0.4) is 0 Å². The van der Waals surface area contributed by atoms with Crippen LogP contribution >= 0.6 is 0 Å². The monoisotopic (exact) mass is 436 g/mol. The van der Waals surface area contributed by atoms with Crippen molar-refractivity contribution in [3.05, 3.63) is 65.6 Å². The number of rotatable bonds is 7. The smallest absolute Gasteiger partial charge is 0.314 e. The zero-order valence-corrected chi connectivity index (χ0v) is 19.0. The first-order chi connectivity index (χ1) is 15.5. The third kappa shape index (κ3) is 5.13. The number of likely N-dealkylation sites (tertiary alicyclic amines) is 1. The third-order valence-corrected chi connectivity index (χ3v) is 6.37. The molecule has 0 radical (unpaired) electrons. The highest BCUT2D eigenvalue weighted by Crippen LogP contribution is 2.36. The van der Waals surface area contributed by atoms with Crippen molar-refractivity contribution in [3.63, 3.8) is 0 Å². The molecule has 170 valence electrons. The standard InChI is InChI=1S/C26H33FN4O/c1-3-12-28-26(32)29-13-16-30-14-10-20(11-15-30)24-18-31(22-7-5-21(27)6-8-22)25-17-19(2)4-9-23(24)25/h4-9,17-18,20H,3,10-16H2,1-2H3,(H2,28,29,32). The van der Waals surface area contributed by atoms with E-state index in [1.165, 1.54) is 34.2 Å². The number of benzene rings is 2. The SMILES string of the molecule is CCCNC(=O)NCCN1CCC(c2cn(-c3ccc(F)cc3)c3cc(C)ccc23)CC1. The van der Waals surface area contributed by atoms with Crippen molar-refractivity contribution in [3.8, 4) is 5.69 Å². The minimum Gasteiger partial charge on any atom is -0.338 e. The van der Waals surface area contributed by atoms with E-state index in [-0.39, 0.29) is 11.8 Å². The summed E-state index contributed by atoms with van der Waals surface area (Å²) in [7, 11) is 0. The second-order valence-corrected chi connectivity index (χ2v) is 8.75. The largest absolute Gasteiger partial charge is 0.338 e. The van der Waals surface area contributed by atoms with Gasteiger partial charge in [0.15, 0.2) is 0 Å². The Labute approximate surface area is 189 Å². The van der Waals surface area contributed by atoms with Crippen LogP contribution in [0.15, 0.2) is 48.7 Å². The predicted molar refractivity (Wildman–Crippen MR) is 128 cm³/mol. The van der Waals surface area contributed by atoms with E-state index >= 15 is 0 Å². The summed E-state index contributed by atoms with van der Waals surface area (Å²) in [6.45, 7) is 8.46. The van der Waals surface area contributed by atoms with Crippen molar-refractivity contribution < 1.29 is 9.18 Å². The number of urea groups is 1. The molecule has 1 saturated heterocycles. The highest BCUT2D eigenvalue weighted by molar-refractivity contribution is 5.87. The lowest BCUT2D eigenvalue weighted by Crippen LogP contribution is -2.42. The van der Waals surface area contributed by atoms with E-state index in [4.69, 9.17) is 0 Å². The fourth-order valence-corrected chi connectivity index (χ4v) is 4.60. The lowest BCUT2D eigenvalue weighted by molar-refractivity contribution is 0.209. The van der Waals surface area contributed by atoms with Gasteiger partial charge in [0.2, 0.25) is 0 Å². The number of fused-ring (bicyclic) bond motifs is 1. The predicted octanol–water partition coefficient (Wildman–Crippen LogP) is 4.97. The average molecular weight is 437 g/mol. The minimum absolute atomic E-state index is 0.0781. The summed E-state index contributed by atoms with van der Waals surface area (Å²) in [5.74, 6) is 0.283. The highest BCUT2D eigenvalue weighted by atomic mass is 19.1. The second kappa shape index (κ2) is 10.2. The molecule has 1 aliphatic rings. The molecular formula is C26H33FN4O. The molecule has 2 heterocycles. The Morgan fingerprint density at radius 1 is 1.06 bits per heavy atom. The molecule has 0 unspecified atom stereocenters. The molecule has 0 saturated carbocycles. The fourth-order valence-electron chi connectivity index (χ4n) is 4.60. The number of carbonyl (C=O) groups excluding carboxylic acids is 1. The quantitative estimate of drug-likeness (QED) is 0.550. The summed E-state index contributed by atoms with van der Waals surface area (Å²) < 4.78 is 15.7. The Morgan fingerprint density at radius 2 is 1.78 bits per heavy atom. The average Bonchev–Trinajstić information content (AvgIpc) is 3.17. The zero-order chi connectivity index (χ0) is 22.5. The van der Waals surface area contributed by atoms with Crippen LogP contribution in [-0.2, 0) is 0 Å². The van der Waals surface area contributed by atoms with Gasteiger partial charge in [-0.1, -0.05) is 19.1 Å². The van der Waals surface area contributed by atoms with Gasteiger partial charge < -0.3 is 20.1 Å². The maximum absolute atomic E-state index is 13.5. The summed E-state index contributed by atoms with van der Waals surface area (Å²) >= 11 is 0. The number of nitrogens with one attached hydrogen (secondary N) is 2. The Bertz CT molecular complexity index is 1050. The number of hydrogen-bond donors (Lipinski definition) is 2. The molecule has 1 aliphatic heterocycles. The van der Waals surface area contributed by atoms with Crippen LogP contribution < -0.4 is 10.6 Å². The molecule has 5 nitrogen and oxygen atoms in total. The first-order valence-corrected chi connectivity index (χ1v) is 11.7. The number of hydrogen-bond acceptors (Lipinski definition) is 2. The van der Waals surface area contributed by atoms with Gasteiger partial charge in [-0.3, -0.25) is 0 Å². The molecular weight excluding hydrogens is 403 g/mol. The van der Waals surface area contributed by atoms with Crippen molar-refractivity contribution in [2.24, 2.45) is 0 Å². The van der Waals surface area contributed by atoms with Gasteiger partial charge in [0.25, 0.3) is 0 Å². The first-order valence-electron chi connectivity index (χ1n) is 11.7. The Hall–Kier alpha value is -2.86. The molecule has 4 rings (SSSR count). The summed E-state index contributed by atoms with van der Waals surface area (Å²) in [5, 5.41) is 7.07. The number of halogens is 1. The van der Waals surface area contributed by atoms with Crippen molar-refractivity contribution in [2.75, 3.05) is 32.7 Å². The van der Waals surface area contributed by atoms with E-state index in [0.29, 0.717) is 19.0 Å². The van der Waals surface area contributed by atoms with Crippen molar-refractivity contribution >= 4 is 16.9 Å². The number of aryl methyl sites for hydroxylation is 1. The fraction of sp³-hybridized carbons (Fsp3) is 0.423. The van der Waals surface area contributed by atoms with E-state index in [2.05, 4.69) is 51.4 Å². The summed E-state index contributed by atoms with van der Waals surface area (Å²) in [5.41, 5.74) is 4.76. The lowest BCUT2D eigenvalue weighted by atomic mass is 9.89. The van der Waals surface area contributed by atoms with E-state index in [9.17, 15) is 9.18 Å². The molecule has 1 aromatic heterocycles. The summed E-state index contributed by atoms with van der Waals surface area (Å²) in [6, 6.07) is 13.3. The number of aromatic nitrogens is 1. The Kier molecular flexibility index (Phi) is 7.10. The molecule has 0 bridgehead atoms. The number of carbonyl (C=O) groups is 1. The minimum atomic E-state index is -0.216. The van der Waals surface area contributed by atoms with Crippen molar-refractivity contribution in [2.45, 2.75) is 39.0 Å². The molecule has 3 aromatic rings. The zero-order valence-electron chi connectivity index (χ0n) is 19.0. The van der Waals surface area contributed by atoms with Crippen LogP contribution in [0, 0.1) is 12.7 Å². The van der Waals surface area contributed by atoms with E-state index in [1.54, 1.807) is 0 Å². The first kappa shape index (κ1) is 22.3. The second-order valence-electron chi connectivity index (χ2n) is 8.75. The Morgan fingerprint density at radius 3 is 2.50 bits per heavy atom. The lowest BCUT2D eigenvalue weighted by Gasteiger charge is -2.32. The Balaban J connectivity index is 1.43. The van der Waals surface area contributed by atoms with Crippen molar-refractivity contribution in [1.29, 1.82) is 0 Å². The van der Waals surface area contributed by atoms with Gasteiger partial charge in [-0.2, -0.15) is 0 Å². The van der Waals surface area contributed by atoms with Gasteiger partial charge in [0, 0.05) is 36.9 Å². The normalized spacial score (nSPS) is 15.2. The number of piperidine rings is 1. The van der Waals surface area contributed by atoms with Crippen LogP contribution in [-0.4, -0.2) is 48.2 Å². The molecule has 6 heteroatoms. The topological polar surface area (TPSA) is 49.3 Å². The van der Waals surface area contributed by atoms with Crippen LogP contribution in [0.1, 0.15) is 43.2 Å². The molecule has 1 fully saturated rings. The molecule has 2 amide bonds. The maximum Gasteiger partial charge on any atom is 0.314 e. The molecule has 2 aromatic carbocycles. The third-order valence-electron chi connectivity index (χ3n) is 6.37. The van der Waals surface area contributed by atoms with E-state index < -0.39 is 0 Å². The van der Waals surface area contributed by atoms with Crippen LogP contribution in [0.2, 0.25) is 0 Å². The summed E-state index contributed by atoms with van der Waals surface area (Å²) in [6.07, 6.45) is 5.38. The molecule has 32 heavy (non-hydrogen) atoms. The molecule has 0 spiro atoms. The number of nitrogens with zero attached hydrogens (tertiary/aromatic N) is 2. The maximum atomic E-state index is 13.5. The molecule has 0 aliphatic carbocycles. The van der Waals surface area contributed by atoms with Crippen LogP contribution in [0.4, 0.5) is 9.18 Å². The van der Waals surface area contributed by atoms with E-state index in [1.807, 2.05) is 19.1 Å². The van der Waals surface area contributed by atoms with Gasteiger partial charge in [0.1, 0.15) is 5.82 Å². The van der Waals surface area contributed by atoms with Crippen LogP contribution in [0.25, 0.3) is 16.6 Å². The van der Waals surface area contributed by atoms with E-state index in [0.717, 1.165) is 44.6 Å². The molecule has 2 N–H and O–H groups in total.